The number of carboxylic acid groups (broad SMARTS) is 1. The Bertz CT molecular complexity index is 345. The normalized spacial score (nSPS) is 14.4. The maximum atomic E-state index is 10.9. The highest BCUT2D eigenvalue weighted by Gasteiger charge is 2.22. The van der Waals surface area contributed by atoms with Crippen LogP contribution in [0.3, 0.4) is 0 Å². The Labute approximate surface area is 96.3 Å². The van der Waals surface area contributed by atoms with Crippen molar-refractivity contribution in [2.24, 2.45) is 17.6 Å². The molecule has 3 N–H and O–H groups in total. The van der Waals surface area contributed by atoms with E-state index in [1.54, 1.807) is 0 Å². The Morgan fingerprint density at radius 1 is 1.38 bits per heavy atom. The Balaban J connectivity index is 2.66. The molecular formula is C13H19NO2. The highest BCUT2D eigenvalue weighted by Crippen LogP contribution is 2.17. The van der Waals surface area contributed by atoms with Crippen LogP contribution in [-0.2, 0) is 11.2 Å². The van der Waals surface area contributed by atoms with Gasteiger partial charge in [0.1, 0.15) is 0 Å². The van der Waals surface area contributed by atoms with Gasteiger partial charge < -0.3 is 10.8 Å². The molecule has 0 aliphatic carbocycles. The molecule has 0 radical (unpaired) electrons. The Morgan fingerprint density at radius 3 is 2.38 bits per heavy atom. The smallest absolute Gasteiger partial charge is 0.308 e. The summed E-state index contributed by atoms with van der Waals surface area (Å²) in [7, 11) is 0. The van der Waals surface area contributed by atoms with Crippen LogP contribution in [0.2, 0.25) is 0 Å². The van der Waals surface area contributed by atoms with Crippen LogP contribution in [0.4, 0.5) is 0 Å². The number of hydrogen-bond acceptors (Lipinski definition) is 2. The van der Waals surface area contributed by atoms with Crippen LogP contribution in [0.15, 0.2) is 24.3 Å². The van der Waals surface area contributed by atoms with Crippen molar-refractivity contribution >= 4 is 5.97 Å². The molecule has 0 amide bonds. The van der Waals surface area contributed by atoms with Gasteiger partial charge in [0.2, 0.25) is 0 Å². The van der Waals surface area contributed by atoms with Gasteiger partial charge in [-0.25, -0.2) is 0 Å². The van der Waals surface area contributed by atoms with Gasteiger partial charge in [-0.05, 0) is 24.8 Å². The van der Waals surface area contributed by atoms with Crippen LogP contribution in [0.25, 0.3) is 0 Å². The van der Waals surface area contributed by atoms with Crippen molar-refractivity contribution in [1.29, 1.82) is 0 Å². The molecule has 16 heavy (non-hydrogen) atoms. The van der Waals surface area contributed by atoms with Gasteiger partial charge in [0.25, 0.3) is 0 Å². The molecule has 3 heteroatoms. The van der Waals surface area contributed by atoms with Gasteiger partial charge in [-0.3, -0.25) is 4.79 Å². The number of aryl methyl sites for hydroxylation is 1. The van der Waals surface area contributed by atoms with Crippen LogP contribution < -0.4 is 5.73 Å². The molecule has 0 bridgehead atoms. The predicted octanol–water partition coefficient (Wildman–Crippen LogP) is 1.83. The Kier molecular flexibility index (Phi) is 4.50. The van der Waals surface area contributed by atoms with Crippen molar-refractivity contribution in [1.82, 2.24) is 0 Å². The first-order valence-corrected chi connectivity index (χ1v) is 5.53. The van der Waals surface area contributed by atoms with Crippen molar-refractivity contribution in [3.63, 3.8) is 0 Å². The van der Waals surface area contributed by atoms with Crippen molar-refractivity contribution in [2.75, 3.05) is 6.54 Å². The minimum Gasteiger partial charge on any atom is -0.481 e. The third-order valence-corrected chi connectivity index (χ3v) is 2.94. The van der Waals surface area contributed by atoms with E-state index in [4.69, 9.17) is 10.8 Å². The van der Waals surface area contributed by atoms with E-state index in [1.807, 2.05) is 38.1 Å². The highest BCUT2D eigenvalue weighted by molar-refractivity contribution is 5.70. The molecule has 0 fully saturated rings. The lowest BCUT2D eigenvalue weighted by Gasteiger charge is -2.18. The molecule has 0 spiro atoms. The Morgan fingerprint density at radius 2 is 1.94 bits per heavy atom. The highest BCUT2D eigenvalue weighted by atomic mass is 16.4. The van der Waals surface area contributed by atoms with E-state index < -0.39 is 11.9 Å². The number of rotatable bonds is 5. The predicted molar refractivity (Wildman–Crippen MR) is 64.2 cm³/mol. The second-order valence-electron chi connectivity index (χ2n) is 4.35. The zero-order chi connectivity index (χ0) is 12.1. The number of carbonyl (C=O) groups is 1. The van der Waals surface area contributed by atoms with E-state index in [1.165, 1.54) is 5.56 Å². The summed E-state index contributed by atoms with van der Waals surface area (Å²) in [6.45, 7) is 4.17. The number of carboxylic acids is 1. The fourth-order valence-corrected chi connectivity index (χ4v) is 1.81. The first-order valence-electron chi connectivity index (χ1n) is 5.53. The maximum Gasteiger partial charge on any atom is 0.308 e. The molecule has 0 heterocycles. The molecule has 1 rings (SSSR count). The van der Waals surface area contributed by atoms with E-state index in [0.29, 0.717) is 0 Å². The molecule has 1 aromatic carbocycles. The summed E-state index contributed by atoms with van der Waals surface area (Å²) in [6, 6.07) is 8.17. The second-order valence-corrected chi connectivity index (χ2v) is 4.35. The van der Waals surface area contributed by atoms with Gasteiger partial charge in [0.15, 0.2) is 0 Å². The number of hydrogen-bond donors (Lipinski definition) is 2. The van der Waals surface area contributed by atoms with E-state index in [-0.39, 0.29) is 12.5 Å². The average Bonchev–Trinajstić information content (AvgIpc) is 2.22. The molecular weight excluding hydrogens is 202 g/mol. The van der Waals surface area contributed by atoms with Crippen molar-refractivity contribution in [3.8, 4) is 0 Å². The number of aliphatic carboxylic acids is 1. The van der Waals surface area contributed by atoms with Gasteiger partial charge >= 0.3 is 5.97 Å². The quantitative estimate of drug-likeness (QED) is 0.797. The van der Waals surface area contributed by atoms with Crippen molar-refractivity contribution < 1.29 is 9.90 Å². The summed E-state index contributed by atoms with van der Waals surface area (Å²) in [5.74, 6) is -1.20. The number of benzene rings is 1. The van der Waals surface area contributed by atoms with Crippen molar-refractivity contribution in [3.05, 3.63) is 35.4 Å². The molecule has 0 saturated carbocycles. The van der Waals surface area contributed by atoms with Gasteiger partial charge in [0.05, 0.1) is 5.92 Å². The lowest BCUT2D eigenvalue weighted by molar-refractivity contribution is -0.143. The average molecular weight is 221 g/mol. The summed E-state index contributed by atoms with van der Waals surface area (Å²) in [5.41, 5.74) is 7.85. The molecule has 1 aromatic rings. The molecule has 0 aliphatic heterocycles. The van der Waals surface area contributed by atoms with Gasteiger partial charge in [-0.2, -0.15) is 0 Å². The van der Waals surface area contributed by atoms with Gasteiger partial charge in [0, 0.05) is 6.54 Å². The minimum atomic E-state index is -0.804. The van der Waals surface area contributed by atoms with E-state index in [2.05, 4.69) is 0 Å². The third kappa shape index (κ3) is 3.35. The summed E-state index contributed by atoms with van der Waals surface area (Å²) in [5, 5.41) is 8.99. The van der Waals surface area contributed by atoms with Crippen LogP contribution in [0.5, 0.6) is 0 Å². The molecule has 2 atom stereocenters. The Hall–Kier alpha value is -1.35. The first kappa shape index (κ1) is 12.7. The zero-order valence-electron chi connectivity index (χ0n) is 9.81. The zero-order valence-corrected chi connectivity index (χ0v) is 9.81. The minimum absolute atomic E-state index is 0.0604. The second kappa shape index (κ2) is 5.66. The molecule has 88 valence electrons. The summed E-state index contributed by atoms with van der Waals surface area (Å²) in [6.07, 6.45) is 0.758. The monoisotopic (exact) mass is 221 g/mol. The molecule has 3 nitrogen and oxygen atoms in total. The molecule has 0 aromatic heterocycles. The topological polar surface area (TPSA) is 63.3 Å². The summed E-state index contributed by atoms with van der Waals surface area (Å²) < 4.78 is 0. The molecule has 0 saturated heterocycles. The van der Waals surface area contributed by atoms with Gasteiger partial charge in [-0.15, -0.1) is 0 Å². The van der Waals surface area contributed by atoms with Crippen LogP contribution in [-0.4, -0.2) is 17.6 Å². The fourth-order valence-electron chi connectivity index (χ4n) is 1.81. The first-order chi connectivity index (χ1) is 7.54. The van der Waals surface area contributed by atoms with Crippen LogP contribution in [0.1, 0.15) is 18.1 Å². The largest absolute Gasteiger partial charge is 0.481 e. The van der Waals surface area contributed by atoms with Gasteiger partial charge in [-0.1, -0.05) is 36.8 Å². The van der Waals surface area contributed by atoms with Crippen LogP contribution in [0, 0.1) is 18.8 Å². The maximum absolute atomic E-state index is 10.9. The lowest BCUT2D eigenvalue weighted by Crippen LogP contribution is -2.30. The lowest BCUT2D eigenvalue weighted by atomic mass is 9.88. The van der Waals surface area contributed by atoms with Crippen molar-refractivity contribution in [2.45, 2.75) is 20.3 Å². The standard InChI is InChI=1S/C13H19NO2/c1-9-3-5-11(6-4-9)7-10(2)12(8-14)13(15)16/h3-6,10,12H,7-8,14H2,1-2H3,(H,15,16). The number of nitrogens with two attached hydrogens (primary N) is 1. The summed E-state index contributed by atoms with van der Waals surface area (Å²) in [4.78, 5) is 10.9. The van der Waals surface area contributed by atoms with E-state index in [0.717, 1.165) is 12.0 Å². The third-order valence-electron chi connectivity index (χ3n) is 2.94. The van der Waals surface area contributed by atoms with Crippen LogP contribution >= 0.6 is 0 Å². The molecule has 0 aliphatic rings. The SMILES string of the molecule is Cc1ccc(CC(C)C(CN)C(=O)O)cc1. The summed E-state index contributed by atoms with van der Waals surface area (Å²) >= 11 is 0. The van der Waals surface area contributed by atoms with E-state index >= 15 is 0 Å². The van der Waals surface area contributed by atoms with E-state index in [9.17, 15) is 4.79 Å². The molecule has 2 unspecified atom stereocenters. The fraction of sp³-hybridized carbons (Fsp3) is 0.462.